The maximum atomic E-state index is 11.8. The molecule has 2 atom stereocenters. The molecule has 1 saturated heterocycles. The molecule has 4 heteroatoms. The predicted molar refractivity (Wildman–Crippen MR) is 70.7 cm³/mol. The quantitative estimate of drug-likeness (QED) is 0.724. The summed E-state index contributed by atoms with van der Waals surface area (Å²) >= 11 is 0. The van der Waals surface area contributed by atoms with Gasteiger partial charge in [-0.2, -0.15) is 0 Å². The van der Waals surface area contributed by atoms with E-state index in [9.17, 15) is 4.79 Å². The van der Waals surface area contributed by atoms with Gasteiger partial charge in [-0.05, 0) is 31.2 Å². The molecule has 100 valence electrons. The van der Waals surface area contributed by atoms with Crippen LogP contribution in [0.25, 0.3) is 0 Å². The summed E-state index contributed by atoms with van der Waals surface area (Å²) in [6.07, 6.45) is 2.20. The van der Waals surface area contributed by atoms with Crippen LogP contribution in [0.3, 0.4) is 0 Å². The van der Waals surface area contributed by atoms with Crippen LogP contribution in [0.4, 0.5) is 0 Å². The molecule has 17 heavy (non-hydrogen) atoms. The van der Waals surface area contributed by atoms with Gasteiger partial charge in [0.25, 0.3) is 0 Å². The van der Waals surface area contributed by atoms with Crippen molar-refractivity contribution in [3.05, 3.63) is 0 Å². The summed E-state index contributed by atoms with van der Waals surface area (Å²) in [5, 5.41) is 2.98. The number of nitrogens with two attached hydrogens (primary N) is 1. The van der Waals surface area contributed by atoms with Gasteiger partial charge in [0, 0.05) is 19.1 Å². The van der Waals surface area contributed by atoms with Crippen LogP contribution in [0.15, 0.2) is 0 Å². The molecule has 0 aromatic rings. The van der Waals surface area contributed by atoms with E-state index in [0.717, 1.165) is 25.9 Å². The molecule has 3 N–H and O–H groups in total. The van der Waals surface area contributed by atoms with Crippen LogP contribution in [-0.2, 0) is 4.79 Å². The second-order valence-electron chi connectivity index (χ2n) is 5.57. The molecule has 0 aromatic heterocycles. The molecule has 0 spiro atoms. The third-order valence-corrected chi connectivity index (χ3v) is 3.63. The minimum Gasteiger partial charge on any atom is -0.355 e. The van der Waals surface area contributed by atoms with Crippen molar-refractivity contribution in [1.29, 1.82) is 0 Å². The first-order valence-corrected chi connectivity index (χ1v) is 6.75. The normalized spacial score (nSPS) is 25.5. The molecule has 2 unspecified atom stereocenters. The number of likely N-dealkylation sites (tertiary alicyclic amines) is 1. The van der Waals surface area contributed by atoms with Crippen LogP contribution in [-0.4, -0.2) is 43.0 Å². The first-order chi connectivity index (χ1) is 8.04. The minimum atomic E-state index is 0.137. The number of nitrogens with zero attached hydrogens (tertiary/aromatic N) is 1. The fourth-order valence-electron chi connectivity index (χ4n) is 2.41. The molecule has 0 bridgehead atoms. The average Bonchev–Trinajstić information content (AvgIpc) is 2.58. The van der Waals surface area contributed by atoms with Crippen molar-refractivity contribution in [3.63, 3.8) is 0 Å². The van der Waals surface area contributed by atoms with E-state index in [2.05, 4.69) is 31.0 Å². The fourth-order valence-corrected chi connectivity index (χ4v) is 2.41. The molecule has 1 aliphatic rings. The van der Waals surface area contributed by atoms with Crippen LogP contribution >= 0.6 is 0 Å². The molecular formula is C13H27N3O. The number of amides is 1. The SMILES string of the molecule is CC(C)CCNC(=O)CN1CCC(C)C1CN. The van der Waals surface area contributed by atoms with Gasteiger partial charge in [0.2, 0.25) is 5.91 Å². The molecule has 0 aromatic carbocycles. The maximum absolute atomic E-state index is 11.8. The summed E-state index contributed by atoms with van der Waals surface area (Å²) in [7, 11) is 0. The summed E-state index contributed by atoms with van der Waals surface area (Å²) in [6.45, 7) is 9.49. The molecule has 4 nitrogen and oxygen atoms in total. The summed E-state index contributed by atoms with van der Waals surface area (Å²) in [5.74, 6) is 1.39. The fraction of sp³-hybridized carbons (Fsp3) is 0.923. The molecule has 1 fully saturated rings. The molecule has 1 aliphatic heterocycles. The maximum Gasteiger partial charge on any atom is 0.234 e. The Morgan fingerprint density at radius 3 is 2.82 bits per heavy atom. The zero-order valence-electron chi connectivity index (χ0n) is 11.4. The largest absolute Gasteiger partial charge is 0.355 e. The third-order valence-electron chi connectivity index (χ3n) is 3.63. The highest BCUT2D eigenvalue weighted by molar-refractivity contribution is 5.78. The molecular weight excluding hydrogens is 214 g/mol. The molecule has 1 rings (SSSR count). The van der Waals surface area contributed by atoms with Crippen molar-refractivity contribution in [2.24, 2.45) is 17.6 Å². The van der Waals surface area contributed by atoms with Gasteiger partial charge in [0.1, 0.15) is 0 Å². The lowest BCUT2D eigenvalue weighted by Crippen LogP contribution is -2.44. The number of hydrogen-bond acceptors (Lipinski definition) is 3. The topological polar surface area (TPSA) is 58.4 Å². The van der Waals surface area contributed by atoms with Gasteiger partial charge in [-0.1, -0.05) is 20.8 Å². The average molecular weight is 241 g/mol. The van der Waals surface area contributed by atoms with Gasteiger partial charge in [0.15, 0.2) is 0 Å². The number of rotatable bonds is 6. The zero-order valence-corrected chi connectivity index (χ0v) is 11.4. The third kappa shape index (κ3) is 4.64. The molecule has 1 heterocycles. The van der Waals surface area contributed by atoms with Crippen LogP contribution in [0.1, 0.15) is 33.6 Å². The second kappa shape index (κ2) is 6.97. The monoisotopic (exact) mass is 241 g/mol. The summed E-state index contributed by atoms with van der Waals surface area (Å²) in [6, 6.07) is 0.380. The standard InChI is InChI=1S/C13H27N3O/c1-10(2)4-6-15-13(17)9-16-7-5-11(3)12(16)8-14/h10-12H,4-9,14H2,1-3H3,(H,15,17). The Morgan fingerprint density at radius 1 is 1.53 bits per heavy atom. The van der Waals surface area contributed by atoms with Crippen LogP contribution < -0.4 is 11.1 Å². The number of nitrogens with one attached hydrogen (secondary N) is 1. The minimum absolute atomic E-state index is 0.137. The van der Waals surface area contributed by atoms with Crippen molar-refractivity contribution < 1.29 is 4.79 Å². The molecule has 0 aliphatic carbocycles. The highest BCUT2D eigenvalue weighted by Crippen LogP contribution is 2.22. The Bertz CT molecular complexity index is 243. The summed E-state index contributed by atoms with van der Waals surface area (Å²) in [5.41, 5.74) is 5.76. The Hall–Kier alpha value is -0.610. The van der Waals surface area contributed by atoms with E-state index in [1.165, 1.54) is 0 Å². The van der Waals surface area contributed by atoms with Gasteiger partial charge < -0.3 is 11.1 Å². The van der Waals surface area contributed by atoms with Crippen molar-refractivity contribution >= 4 is 5.91 Å². The van der Waals surface area contributed by atoms with Crippen LogP contribution in [0.2, 0.25) is 0 Å². The first-order valence-electron chi connectivity index (χ1n) is 6.75. The summed E-state index contributed by atoms with van der Waals surface area (Å²) in [4.78, 5) is 14.0. The van der Waals surface area contributed by atoms with E-state index < -0.39 is 0 Å². The molecule has 0 radical (unpaired) electrons. The lowest BCUT2D eigenvalue weighted by atomic mass is 10.0. The Morgan fingerprint density at radius 2 is 2.24 bits per heavy atom. The smallest absolute Gasteiger partial charge is 0.234 e. The second-order valence-corrected chi connectivity index (χ2v) is 5.57. The Labute approximate surface area is 105 Å². The molecule has 0 saturated carbocycles. The number of hydrogen-bond donors (Lipinski definition) is 2. The summed E-state index contributed by atoms with van der Waals surface area (Å²) < 4.78 is 0. The van der Waals surface area contributed by atoms with Gasteiger partial charge >= 0.3 is 0 Å². The van der Waals surface area contributed by atoms with E-state index >= 15 is 0 Å². The van der Waals surface area contributed by atoms with Gasteiger partial charge in [0.05, 0.1) is 6.54 Å². The van der Waals surface area contributed by atoms with E-state index in [4.69, 9.17) is 5.73 Å². The van der Waals surface area contributed by atoms with Gasteiger partial charge in [-0.15, -0.1) is 0 Å². The van der Waals surface area contributed by atoms with Crippen molar-refractivity contribution in [2.45, 2.75) is 39.7 Å². The Kier molecular flexibility index (Phi) is 5.92. The van der Waals surface area contributed by atoms with Crippen molar-refractivity contribution in [2.75, 3.05) is 26.2 Å². The van der Waals surface area contributed by atoms with Crippen LogP contribution in [0.5, 0.6) is 0 Å². The first kappa shape index (κ1) is 14.5. The highest BCUT2D eigenvalue weighted by atomic mass is 16.2. The highest BCUT2D eigenvalue weighted by Gasteiger charge is 2.30. The number of carbonyl (C=O) groups is 1. The number of carbonyl (C=O) groups excluding carboxylic acids is 1. The Balaban J connectivity index is 2.26. The van der Waals surface area contributed by atoms with Crippen molar-refractivity contribution in [3.8, 4) is 0 Å². The van der Waals surface area contributed by atoms with E-state index in [1.54, 1.807) is 0 Å². The lowest BCUT2D eigenvalue weighted by Gasteiger charge is -2.24. The van der Waals surface area contributed by atoms with E-state index in [-0.39, 0.29) is 5.91 Å². The predicted octanol–water partition coefficient (Wildman–Crippen LogP) is 0.818. The van der Waals surface area contributed by atoms with E-state index in [0.29, 0.717) is 31.0 Å². The zero-order chi connectivity index (χ0) is 12.8. The molecule has 1 amide bonds. The lowest BCUT2D eigenvalue weighted by molar-refractivity contribution is -0.122. The van der Waals surface area contributed by atoms with Gasteiger partial charge in [-0.25, -0.2) is 0 Å². The van der Waals surface area contributed by atoms with Gasteiger partial charge in [-0.3, -0.25) is 9.69 Å². The van der Waals surface area contributed by atoms with E-state index in [1.807, 2.05) is 0 Å². The van der Waals surface area contributed by atoms with Crippen molar-refractivity contribution in [1.82, 2.24) is 10.2 Å². The van der Waals surface area contributed by atoms with Crippen LogP contribution in [0, 0.1) is 11.8 Å².